The van der Waals surface area contributed by atoms with Crippen LogP contribution in [0.25, 0.3) is 0 Å². The van der Waals surface area contributed by atoms with Gasteiger partial charge in [-0.1, -0.05) is 0 Å². The molecule has 0 radical (unpaired) electrons. The summed E-state index contributed by atoms with van der Waals surface area (Å²) in [6, 6.07) is 0. The Morgan fingerprint density at radius 3 is 1.50 bits per heavy atom. The average Bonchev–Trinajstić information content (AvgIpc) is 0.722. The second-order valence-electron chi connectivity index (χ2n) is 0.513. The molecule has 3 nitrogen and oxygen atoms in total. The molecule has 2 N–H and O–H groups in total. The van der Waals surface area contributed by atoms with Crippen molar-refractivity contribution in [1.29, 1.82) is 0 Å². The topological polar surface area (TPSA) is 57.5 Å². The quantitative estimate of drug-likeness (QED) is 0.403. The van der Waals surface area contributed by atoms with Gasteiger partial charge in [0, 0.05) is 17.1 Å². The first-order valence-electron chi connectivity index (χ1n) is 0.783. The van der Waals surface area contributed by atoms with Gasteiger partial charge in [0.1, 0.15) is 0 Å². The van der Waals surface area contributed by atoms with E-state index in [1.165, 1.54) is 15.6 Å². The normalized spacial score (nSPS) is 9.83. The summed E-state index contributed by atoms with van der Waals surface area (Å²) in [6.07, 6.45) is -3.70. The minimum atomic E-state index is -3.70. The van der Waals surface area contributed by atoms with Crippen molar-refractivity contribution in [3.63, 3.8) is 0 Å². The maximum absolute atomic E-state index is 9.30. The molecule has 0 aromatic rings. The molecule has 0 aliphatic carbocycles. The third kappa shape index (κ3) is 64.4. The molecule has 0 aliphatic rings. The average molecular weight is 217 g/mol. The Hall–Kier alpha value is 1.19. The van der Waals surface area contributed by atoms with Gasteiger partial charge in [-0.25, -0.2) is 0 Å². The summed E-state index contributed by atoms with van der Waals surface area (Å²) in [7, 11) is 0. The summed E-state index contributed by atoms with van der Waals surface area (Å²) in [4.78, 5) is 15.2. The molecule has 0 spiro atoms. The van der Waals surface area contributed by atoms with Crippen LogP contribution in [0.3, 0.4) is 0 Å². The molecule has 0 unspecified atom stereocenters. The Balaban J connectivity index is 0. The zero-order valence-electron chi connectivity index (χ0n) is 2.55. The van der Waals surface area contributed by atoms with Crippen LogP contribution in [0.1, 0.15) is 0 Å². The Labute approximate surface area is 53.6 Å². The van der Waals surface area contributed by atoms with E-state index in [0.717, 1.165) is 0 Å². The molecule has 6 heteroatoms. The largest absolute Gasteiger partial charge is 0 e. The Kier molecular flexibility index (Phi) is 5.50. The number of hydrogen-bond donors (Lipinski definition) is 2. The van der Waals surface area contributed by atoms with Crippen molar-refractivity contribution in [2.75, 3.05) is 0 Å². The summed E-state index contributed by atoms with van der Waals surface area (Å²) < 4.78 is 9.30. The maximum Gasteiger partial charge on any atom is 0 e. The van der Waals surface area contributed by atoms with Gasteiger partial charge in [-0.05, 0) is 0 Å². The smallest absolute Gasteiger partial charge is 0 e. The molecule has 0 heterocycles. The molecule has 6 heavy (non-hydrogen) atoms. The van der Waals surface area contributed by atoms with E-state index < -0.39 is 6.29 Å². The van der Waals surface area contributed by atoms with Crippen LogP contribution < -0.4 is 0 Å². The Bertz CT molecular complexity index is 56.9. The minimum absolute atomic E-state index is 0. The zero-order valence-corrected chi connectivity index (χ0v) is 6.43. The summed E-state index contributed by atoms with van der Waals surface area (Å²) in [5, 5.41) is 0. The fraction of sp³-hybridized carbons (Fsp3) is 0. The molecule has 0 aromatic heterocycles. The van der Waals surface area contributed by atoms with Gasteiger partial charge in [-0.2, -0.15) is 0 Å². The first-order chi connectivity index (χ1) is 2.00. The third-order valence-electron chi connectivity index (χ3n) is 0. The molecular formula is H3FeO3PSe. The molecule has 0 saturated heterocycles. The van der Waals surface area contributed by atoms with Crippen molar-refractivity contribution in [3.05, 3.63) is 0 Å². The van der Waals surface area contributed by atoms with Gasteiger partial charge < -0.3 is 0 Å². The van der Waals surface area contributed by atoms with Gasteiger partial charge >= 0.3 is 36.2 Å². The van der Waals surface area contributed by atoms with E-state index in [0.29, 0.717) is 0 Å². The summed E-state index contributed by atoms with van der Waals surface area (Å²) in [5.41, 5.74) is 0. The minimum Gasteiger partial charge on any atom is 0 e. The fourth-order valence-corrected chi connectivity index (χ4v) is 0. The van der Waals surface area contributed by atoms with Crippen molar-refractivity contribution in [2.24, 2.45) is 0 Å². The fourth-order valence-electron chi connectivity index (χ4n) is 0. The molecule has 0 rings (SSSR count). The van der Waals surface area contributed by atoms with Gasteiger partial charge in [0.2, 0.25) is 0 Å². The van der Waals surface area contributed by atoms with E-state index in [-0.39, 0.29) is 17.1 Å². The standard InChI is InChI=1S/Fe.H3O3PSe/c;1-4(2,3)5/h;(H3,1,2,3,5). The SMILES string of the molecule is O=P(O)(O)[SeH].[Fe]. The Morgan fingerprint density at radius 2 is 1.50 bits per heavy atom. The predicted octanol–water partition coefficient (Wildman–Crippen LogP) is -1.02. The van der Waals surface area contributed by atoms with Crippen molar-refractivity contribution in [3.8, 4) is 0 Å². The van der Waals surface area contributed by atoms with Gasteiger partial charge in [-0.15, -0.1) is 0 Å². The monoisotopic (exact) mass is 218 g/mol. The van der Waals surface area contributed by atoms with Crippen LogP contribution in [-0.2, 0) is 21.6 Å². The van der Waals surface area contributed by atoms with E-state index in [1.807, 2.05) is 0 Å². The van der Waals surface area contributed by atoms with Gasteiger partial charge in [-0.3, -0.25) is 0 Å². The van der Waals surface area contributed by atoms with Crippen LogP contribution in [0, 0.1) is 0 Å². The Morgan fingerprint density at radius 1 is 1.50 bits per heavy atom. The van der Waals surface area contributed by atoms with Gasteiger partial charge in [0.05, 0.1) is 0 Å². The van der Waals surface area contributed by atoms with Crippen molar-refractivity contribution < 1.29 is 31.4 Å². The zero-order chi connectivity index (χ0) is 4.50. The molecule has 0 aromatic carbocycles. The van der Waals surface area contributed by atoms with Gasteiger partial charge in [0.15, 0.2) is 0 Å². The van der Waals surface area contributed by atoms with Crippen LogP contribution in [0.2, 0.25) is 0 Å². The van der Waals surface area contributed by atoms with E-state index in [4.69, 9.17) is 9.79 Å². The van der Waals surface area contributed by atoms with Gasteiger partial charge in [0.25, 0.3) is 0 Å². The summed E-state index contributed by atoms with van der Waals surface area (Å²) in [5.74, 6) is 0. The predicted molar refractivity (Wildman–Crippen MR) is 19.2 cm³/mol. The van der Waals surface area contributed by atoms with Crippen LogP contribution in [0.15, 0.2) is 0 Å². The van der Waals surface area contributed by atoms with Crippen LogP contribution in [0.4, 0.5) is 0 Å². The van der Waals surface area contributed by atoms with Crippen molar-refractivity contribution in [2.45, 2.75) is 0 Å². The molecule has 0 saturated carbocycles. The molecule has 0 amide bonds. The number of hydrogen-bond acceptors (Lipinski definition) is 1. The van der Waals surface area contributed by atoms with Crippen molar-refractivity contribution >= 4 is 21.9 Å². The molecule has 40 valence electrons. The molecule has 0 fully saturated rings. The van der Waals surface area contributed by atoms with E-state index in [1.54, 1.807) is 0 Å². The summed E-state index contributed by atoms with van der Waals surface area (Å²) >= 11 is 1.25. The van der Waals surface area contributed by atoms with E-state index in [2.05, 4.69) is 0 Å². The van der Waals surface area contributed by atoms with E-state index in [9.17, 15) is 4.57 Å². The van der Waals surface area contributed by atoms with Crippen LogP contribution in [-0.4, -0.2) is 25.4 Å². The van der Waals surface area contributed by atoms with Crippen LogP contribution in [0.5, 0.6) is 0 Å². The molecule has 0 bridgehead atoms. The first kappa shape index (κ1) is 10.2. The van der Waals surface area contributed by atoms with E-state index >= 15 is 0 Å². The molecule has 0 atom stereocenters. The molecular weight excluding hydrogens is 214 g/mol. The summed E-state index contributed by atoms with van der Waals surface area (Å²) in [6.45, 7) is 0. The van der Waals surface area contributed by atoms with Crippen LogP contribution >= 0.6 is 6.29 Å². The second-order valence-corrected chi connectivity index (χ2v) is 4.82. The molecule has 0 aliphatic heterocycles. The number of rotatable bonds is 0. The van der Waals surface area contributed by atoms with Crippen molar-refractivity contribution in [1.82, 2.24) is 0 Å². The second kappa shape index (κ2) is 3.22. The first-order valence-corrected chi connectivity index (χ1v) is 4.87. The maximum atomic E-state index is 9.30. The third-order valence-corrected chi connectivity index (χ3v) is 0.